The van der Waals surface area contributed by atoms with Crippen molar-refractivity contribution in [3.8, 4) is 11.5 Å². The van der Waals surface area contributed by atoms with Crippen molar-refractivity contribution in [3.63, 3.8) is 0 Å². The lowest BCUT2D eigenvalue weighted by molar-refractivity contribution is -0.0512. The minimum absolute atomic E-state index is 0.00939. The maximum absolute atomic E-state index is 12.3. The Bertz CT molecular complexity index is 726. The van der Waals surface area contributed by atoms with Crippen LogP contribution in [0.1, 0.15) is 10.4 Å². The van der Waals surface area contributed by atoms with Crippen molar-refractivity contribution in [3.05, 3.63) is 52.0 Å². The second kappa shape index (κ2) is 7.48. The van der Waals surface area contributed by atoms with Crippen molar-refractivity contribution in [2.24, 2.45) is 0 Å². The van der Waals surface area contributed by atoms with Gasteiger partial charge in [0.1, 0.15) is 0 Å². The molecule has 1 amide bonds. The molecule has 0 saturated heterocycles. The van der Waals surface area contributed by atoms with Crippen LogP contribution in [0.4, 0.5) is 14.5 Å². The second-order valence-electron chi connectivity index (χ2n) is 4.32. The molecule has 122 valence electrons. The number of benzene rings is 2. The van der Waals surface area contributed by atoms with Crippen LogP contribution in [0.3, 0.4) is 0 Å². The van der Waals surface area contributed by atoms with Gasteiger partial charge < -0.3 is 14.8 Å². The van der Waals surface area contributed by atoms with Crippen LogP contribution >= 0.6 is 23.2 Å². The van der Waals surface area contributed by atoms with Crippen molar-refractivity contribution in [2.45, 2.75) is 6.61 Å². The number of methoxy groups -OCH3 is 1. The second-order valence-corrected chi connectivity index (χ2v) is 5.17. The molecule has 23 heavy (non-hydrogen) atoms. The molecule has 0 aliphatic rings. The summed E-state index contributed by atoms with van der Waals surface area (Å²) in [5.41, 5.74) is 0.510. The van der Waals surface area contributed by atoms with E-state index >= 15 is 0 Å². The van der Waals surface area contributed by atoms with Gasteiger partial charge in [0.25, 0.3) is 5.91 Å². The van der Waals surface area contributed by atoms with Crippen LogP contribution in [0.15, 0.2) is 36.4 Å². The Kier molecular flexibility index (Phi) is 5.63. The van der Waals surface area contributed by atoms with Crippen LogP contribution in [0, 0.1) is 0 Å². The molecule has 0 radical (unpaired) electrons. The van der Waals surface area contributed by atoms with Gasteiger partial charge in [-0.25, -0.2) is 0 Å². The standard InChI is InChI=1S/C15H11Cl2F2NO3/c1-22-13-6-8(2-5-12(13)23-15(18)19)14(21)20-11-7-9(16)3-4-10(11)17/h2-7,15H,1H3,(H,20,21). The Balaban J connectivity index is 2.24. The van der Waals surface area contributed by atoms with E-state index < -0.39 is 12.5 Å². The van der Waals surface area contributed by atoms with Crippen LogP contribution < -0.4 is 14.8 Å². The molecule has 0 unspecified atom stereocenters. The third kappa shape index (κ3) is 4.46. The number of hydrogen-bond acceptors (Lipinski definition) is 3. The van der Waals surface area contributed by atoms with Gasteiger partial charge in [-0.05, 0) is 36.4 Å². The number of amides is 1. The van der Waals surface area contributed by atoms with E-state index in [-0.39, 0.29) is 17.1 Å². The molecule has 8 heteroatoms. The smallest absolute Gasteiger partial charge is 0.387 e. The van der Waals surface area contributed by atoms with Crippen molar-refractivity contribution < 1.29 is 23.0 Å². The molecule has 2 rings (SSSR count). The molecule has 4 nitrogen and oxygen atoms in total. The maximum atomic E-state index is 12.3. The highest BCUT2D eigenvalue weighted by molar-refractivity contribution is 6.35. The van der Waals surface area contributed by atoms with Crippen molar-refractivity contribution in [1.29, 1.82) is 0 Å². The normalized spacial score (nSPS) is 10.5. The largest absolute Gasteiger partial charge is 0.493 e. The van der Waals surface area contributed by atoms with Gasteiger partial charge in [0.15, 0.2) is 11.5 Å². The van der Waals surface area contributed by atoms with Crippen LogP contribution in [0.5, 0.6) is 11.5 Å². The highest BCUT2D eigenvalue weighted by Crippen LogP contribution is 2.30. The van der Waals surface area contributed by atoms with Gasteiger partial charge in [0.2, 0.25) is 0 Å². The monoisotopic (exact) mass is 361 g/mol. The summed E-state index contributed by atoms with van der Waals surface area (Å²) in [4.78, 5) is 12.2. The predicted molar refractivity (Wildman–Crippen MR) is 84.0 cm³/mol. The SMILES string of the molecule is COc1cc(C(=O)Nc2cc(Cl)ccc2Cl)ccc1OC(F)F. The van der Waals surface area contributed by atoms with E-state index in [0.717, 1.165) is 0 Å². The van der Waals surface area contributed by atoms with E-state index in [1.54, 1.807) is 12.1 Å². The minimum atomic E-state index is -2.99. The summed E-state index contributed by atoms with van der Waals surface area (Å²) in [6.07, 6.45) is 0. The molecular formula is C15H11Cl2F2NO3. The van der Waals surface area contributed by atoms with Crippen LogP contribution in [-0.4, -0.2) is 19.6 Å². The number of rotatable bonds is 5. The minimum Gasteiger partial charge on any atom is -0.493 e. The molecule has 0 spiro atoms. The average Bonchev–Trinajstić information content (AvgIpc) is 2.50. The van der Waals surface area contributed by atoms with Crippen LogP contribution in [0.2, 0.25) is 10.0 Å². The van der Waals surface area contributed by atoms with E-state index in [1.807, 2.05) is 0 Å². The number of carbonyl (C=O) groups excluding carboxylic acids is 1. The fourth-order valence-electron chi connectivity index (χ4n) is 1.79. The van der Waals surface area contributed by atoms with Gasteiger partial charge >= 0.3 is 6.61 Å². The summed E-state index contributed by atoms with van der Waals surface area (Å²) in [5, 5.41) is 3.30. The lowest BCUT2D eigenvalue weighted by atomic mass is 10.2. The number of ether oxygens (including phenoxy) is 2. The first-order valence-corrected chi connectivity index (χ1v) is 7.05. The Labute approximate surface area is 140 Å². The molecule has 0 atom stereocenters. The highest BCUT2D eigenvalue weighted by Gasteiger charge is 2.15. The quantitative estimate of drug-likeness (QED) is 0.827. The maximum Gasteiger partial charge on any atom is 0.387 e. The molecule has 0 fully saturated rings. The third-order valence-electron chi connectivity index (χ3n) is 2.82. The van der Waals surface area contributed by atoms with Gasteiger partial charge in [-0.2, -0.15) is 8.78 Å². The summed E-state index contributed by atoms with van der Waals surface area (Å²) in [6, 6.07) is 8.45. The highest BCUT2D eigenvalue weighted by atomic mass is 35.5. The van der Waals surface area contributed by atoms with Gasteiger partial charge in [-0.1, -0.05) is 23.2 Å². The Hall–Kier alpha value is -2.05. The molecular weight excluding hydrogens is 351 g/mol. The van der Waals surface area contributed by atoms with E-state index in [9.17, 15) is 13.6 Å². The van der Waals surface area contributed by atoms with Gasteiger partial charge in [0, 0.05) is 10.6 Å². The average molecular weight is 362 g/mol. The Morgan fingerprint density at radius 2 is 1.87 bits per heavy atom. The summed E-state index contributed by atoms with van der Waals surface area (Å²) in [5.74, 6) is -0.661. The Morgan fingerprint density at radius 3 is 2.52 bits per heavy atom. The van der Waals surface area contributed by atoms with Gasteiger partial charge in [-0.3, -0.25) is 4.79 Å². The summed E-state index contributed by atoms with van der Waals surface area (Å²) < 4.78 is 33.8. The van der Waals surface area contributed by atoms with Crippen LogP contribution in [0.25, 0.3) is 0 Å². The molecule has 2 aromatic carbocycles. The molecule has 0 heterocycles. The zero-order chi connectivity index (χ0) is 17.0. The molecule has 0 aliphatic carbocycles. The van der Waals surface area contributed by atoms with E-state index in [2.05, 4.69) is 10.1 Å². The molecule has 1 N–H and O–H groups in total. The van der Waals surface area contributed by atoms with E-state index in [1.165, 1.54) is 31.4 Å². The summed E-state index contributed by atoms with van der Waals surface area (Å²) in [7, 11) is 1.28. The lowest BCUT2D eigenvalue weighted by Crippen LogP contribution is -2.13. The lowest BCUT2D eigenvalue weighted by Gasteiger charge is -2.12. The number of anilines is 1. The number of nitrogens with one attached hydrogen (secondary N) is 1. The number of alkyl halides is 2. The first-order valence-electron chi connectivity index (χ1n) is 6.30. The third-order valence-corrected chi connectivity index (χ3v) is 3.38. The zero-order valence-electron chi connectivity index (χ0n) is 11.8. The zero-order valence-corrected chi connectivity index (χ0v) is 13.3. The van der Waals surface area contributed by atoms with Crippen molar-refractivity contribution >= 4 is 34.8 Å². The molecule has 0 aromatic heterocycles. The van der Waals surface area contributed by atoms with Gasteiger partial charge in [-0.15, -0.1) is 0 Å². The molecule has 0 aliphatic heterocycles. The summed E-state index contributed by atoms with van der Waals surface area (Å²) in [6.45, 7) is -2.99. The number of hydrogen-bond donors (Lipinski definition) is 1. The fourth-order valence-corrected chi connectivity index (χ4v) is 2.13. The first-order chi connectivity index (χ1) is 10.9. The molecule has 0 bridgehead atoms. The van der Waals surface area contributed by atoms with Crippen LogP contribution in [-0.2, 0) is 0 Å². The first kappa shape index (κ1) is 17.3. The van der Waals surface area contributed by atoms with E-state index in [0.29, 0.717) is 15.7 Å². The Morgan fingerprint density at radius 1 is 1.13 bits per heavy atom. The van der Waals surface area contributed by atoms with Crippen molar-refractivity contribution in [2.75, 3.05) is 12.4 Å². The van der Waals surface area contributed by atoms with E-state index in [4.69, 9.17) is 27.9 Å². The molecule has 2 aromatic rings. The number of carbonyl (C=O) groups is 1. The summed E-state index contributed by atoms with van der Waals surface area (Å²) >= 11 is 11.8. The van der Waals surface area contributed by atoms with Crippen molar-refractivity contribution in [1.82, 2.24) is 0 Å². The fraction of sp³-hybridized carbons (Fsp3) is 0.133. The number of halogens is 4. The molecule has 0 saturated carbocycles. The predicted octanol–water partition coefficient (Wildman–Crippen LogP) is 4.86. The van der Waals surface area contributed by atoms with Gasteiger partial charge in [0.05, 0.1) is 17.8 Å². The topological polar surface area (TPSA) is 47.6 Å².